The molecule has 0 amide bonds. The molecule has 1 aromatic rings. The molecule has 1 aliphatic heterocycles. The quantitative estimate of drug-likeness (QED) is 0.759. The van der Waals surface area contributed by atoms with Gasteiger partial charge >= 0.3 is 0 Å². The van der Waals surface area contributed by atoms with Crippen molar-refractivity contribution in [2.45, 2.75) is 18.8 Å². The van der Waals surface area contributed by atoms with Crippen molar-refractivity contribution in [2.24, 2.45) is 11.8 Å². The smallest absolute Gasteiger partial charge is 0.144 e. The van der Waals surface area contributed by atoms with Gasteiger partial charge in [0.2, 0.25) is 0 Å². The Morgan fingerprint density at radius 2 is 2.40 bits per heavy atom. The van der Waals surface area contributed by atoms with Crippen LogP contribution in [0.1, 0.15) is 24.5 Å². The molecule has 1 N–H and O–H groups in total. The fourth-order valence-corrected chi connectivity index (χ4v) is 2.99. The summed E-state index contributed by atoms with van der Waals surface area (Å²) < 4.78 is 13.5. The van der Waals surface area contributed by atoms with Crippen LogP contribution in [0, 0.1) is 17.7 Å². The second-order valence-corrected chi connectivity index (χ2v) is 4.63. The molecule has 2 heterocycles. The molecule has 0 radical (unpaired) electrons. The predicted molar refractivity (Wildman–Crippen MR) is 56.0 cm³/mol. The van der Waals surface area contributed by atoms with Gasteiger partial charge in [-0.2, -0.15) is 0 Å². The molecule has 1 saturated carbocycles. The number of rotatable bonds is 1. The molecule has 1 saturated heterocycles. The van der Waals surface area contributed by atoms with Gasteiger partial charge in [0, 0.05) is 12.1 Å². The molecular formula is C12H15FN2. The van der Waals surface area contributed by atoms with Crippen LogP contribution in [0.15, 0.2) is 18.3 Å². The van der Waals surface area contributed by atoms with E-state index in [1.165, 1.54) is 12.5 Å². The molecule has 2 aliphatic rings. The molecule has 0 aromatic carbocycles. The summed E-state index contributed by atoms with van der Waals surface area (Å²) in [5.41, 5.74) is 0.683. The van der Waals surface area contributed by atoms with Crippen molar-refractivity contribution in [1.82, 2.24) is 10.3 Å². The van der Waals surface area contributed by atoms with E-state index in [9.17, 15) is 4.39 Å². The first-order chi connectivity index (χ1) is 7.36. The summed E-state index contributed by atoms with van der Waals surface area (Å²) in [6.45, 7) is 2.16. The zero-order chi connectivity index (χ0) is 10.3. The number of halogens is 1. The Morgan fingerprint density at radius 3 is 3.20 bits per heavy atom. The van der Waals surface area contributed by atoms with Gasteiger partial charge in [-0.1, -0.05) is 0 Å². The highest BCUT2D eigenvalue weighted by Gasteiger charge is 2.44. The van der Waals surface area contributed by atoms with Crippen molar-refractivity contribution >= 4 is 0 Å². The van der Waals surface area contributed by atoms with E-state index < -0.39 is 0 Å². The molecule has 2 fully saturated rings. The molecule has 3 heteroatoms. The maximum absolute atomic E-state index is 13.5. The summed E-state index contributed by atoms with van der Waals surface area (Å²) in [7, 11) is 0. The van der Waals surface area contributed by atoms with Crippen molar-refractivity contribution in [3.63, 3.8) is 0 Å². The van der Waals surface area contributed by atoms with E-state index >= 15 is 0 Å². The van der Waals surface area contributed by atoms with E-state index in [1.807, 2.05) is 0 Å². The highest BCUT2D eigenvalue weighted by atomic mass is 19.1. The number of piperidine rings is 1. The molecule has 2 nitrogen and oxygen atoms in total. The van der Waals surface area contributed by atoms with E-state index in [1.54, 1.807) is 12.3 Å². The van der Waals surface area contributed by atoms with Crippen LogP contribution in [-0.2, 0) is 0 Å². The van der Waals surface area contributed by atoms with Crippen molar-refractivity contribution in [1.29, 1.82) is 0 Å². The number of nitrogens with zero attached hydrogens (tertiary/aromatic N) is 1. The van der Waals surface area contributed by atoms with Gasteiger partial charge in [0.25, 0.3) is 0 Å². The lowest BCUT2D eigenvalue weighted by atomic mass is 9.61. The first-order valence-electron chi connectivity index (χ1n) is 5.67. The summed E-state index contributed by atoms with van der Waals surface area (Å²) in [6.07, 6.45) is 4.07. The predicted octanol–water partition coefficient (Wildman–Crippen LogP) is 1.93. The van der Waals surface area contributed by atoms with Gasteiger partial charge in [-0.05, 0) is 49.9 Å². The van der Waals surface area contributed by atoms with Gasteiger partial charge in [0.15, 0.2) is 0 Å². The molecule has 1 aromatic heterocycles. The van der Waals surface area contributed by atoms with Crippen LogP contribution < -0.4 is 5.32 Å². The molecule has 0 bridgehead atoms. The standard InChI is InChI=1S/C12H15FN2/c13-11-2-1-4-15-12(11)9-6-8-3-5-14-7-10(8)9/h1-2,4,8-10,14H,3,5-7H2/t8-,9-,10-/m0/s1. The van der Waals surface area contributed by atoms with Crippen molar-refractivity contribution < 1.29 is 4.39 Å². The number of pyridine rings is 1. The molecule has 3 atom stereocenters. The third kappa shape index (κ3) is 1.46. The van der Waals surface area contributed by atoms with E-state index in [0.717, 1.165) is 25.4 Å². The topological polar surface area (TPSA) is 24.9 Å². The Bertz CT molecular complexity index is 366. The first kappa shape index (κ1) is 9.28. The number of hydrogen-bond acceptors (Lipinski definition) is 2. The number of nitrogens with one attached hydrogen (secondary N) is 1. The highest BCUT2D eigenvalue weighted by molar-refractivity contribution is 5.18. The maximum Gasteiger partial charge on any atom is 0.144 e. The molecule has 1 aliphatic carbocycles. The van der Waals surface area contributed by atoms with E-state index in [-0.39, 0.29) is 5.82 Å². The molecule has 15 heavy (non-hydrogen) atoms. The van der Waals surface area contributed by atoms with E-state index in [4.69, 9.17) is 0 Å². The van der Waals surface area contributed by atoms with Crippen molar-refractivity contribution in [2.75, 3.05) is 13.1 Å². The number of hydrogen-bond donors (Lipinski definition) is 1. The Kier molecular flexibility index (Phi) is 2.20. The van der Waals surface area contributed by atoms with Gasteiger partial charge in [-0.15, -0.1) is 0 Å². The van der Waals surface area contributed by atoms with Crippen LogP contribution in [0.3, 0.4) is 0 Å². The van der Waals surface area contributed by atoms with Crippen LogP contribution in [-0.4, -0.2) is 18.1 Å². The third-order valence-corrected chi connectivity index (χ3v) is 3.89. The molecule has 80 valence electrons. The third-order valence-electron chi connectivity index (χ3n) is 3.89. The highest BCUT2D eigenvalue weighted by Crippen LogP contribution is 2.49. The first-order valence-corrected chi connectivity index (χ1v) is 5.67. The summed E-state index contributed by atoms with van der Waals surface area (Å²) in [5, 5.41) is 3.39. The molecule has 3 rings (SSSR count). The Hall–Kier alpha value is -0.960. The van der Waals surface area contributed by atoms with Crippen LogP contribution in [0.2, 0.25) is 0 Å². The van der Waals surface area contributed by atoms with E-state index in [0.29, 0.717) is 17.5 Å². The van der Waals surface area contributed by atoms with Gasteiger partial charge < -0.3 is 5.32 Å². The van der Waals surface area contributed by atoms with Gasteiger partial charge in [0.05, 0.1) is 5.69 Å². The zero-order valence-electron chi connectivity index (χ0n) is 8.62. The van der Waals surface area contributed by atoms with Crippen LogP contribution >= 0.6 is 0 Å². The van der Waals surface area contributed by atoms with E-state index in [2.05, 4.69) is 10.3 Å². The zero-order valence-corrected chi connectivity index (χ0v) is 8.62. The summed E-state index contributed by atoms with van der Waals surface area (Å²) >= 11 is 0. The average molecular weight is 206 g/mol. The fraction of sp³-hybridized carbons (Fsp3) is 0.583. The molecular weight excluding hydrogens is 191 g/mol. The Balaban J connectivity index is 1.82. The lowest BCUT2D eigenvalue weighted by Gasteiger charge is -2.47. The monoisotopic (exact) mass is 206 g/mol. The SMILES string of the molecule is Fc1cccnc1[C@H]1C[C@@H]2CCNC[C@@H]21. The molecule has 0 unspecified atom stereocenters. The summed E-state index contributed by atoms with van der Waals surface area (Å²) in [4.78, 5) is 4.19. The average Bonchev–Trinajstić information content (AvgIpc) is 2.23. The van der Waals surface area contributed by atoms with Crippen molar-refractivity contribution in [3.8, 4) is 0 Å². The minimum atomic E-state index is -0.133. The number of fused-ring (bicyclic) bond motifs is 1. The van der Waals surface area contributed by atoms with Crippen LogP contribution in [0.4, 0.5) is 4.39 Å². The summed E-state index contributed by atoms with van der Waals surface area (Å²) in [6, 6.07) is 3.18. The molecule has 0 spiro atoms. The van der Waals surface area contributed by atoms with Crippen LogP contribution in [0.5, 0.6) is 0 Å². The number of aromatic nitrogens is 1. The minimum Gasteiger partial charge on any atom is -0.316 e. The Morgan fingerprint density at radius 1 is 1.47 bits per heavy atom. The normalized spacial score (nSPS) is 34.3. The second-order valence-electron chi connectivity index (χ2n) is 4.63. The van der Waals surface area contributed by atoms with Gasteiger partial charge in [-0.25, -0.2) is 4.39 Å². The van der Waals surface area contributed by atoms with Gasteiger partial charge in [0.1, 0.15) is 5.82 Å². The summed E-state index contributed by atoms with van der Waals surface area (Å²) in [5.74, 6) is 1.64. The fourth-order valence-electron chi connectivity index (χ4n) is 2.99. The van der Waals surface area contributed by atoms with Crippen LogP contribution in [0.25, 0.3) is 0 Å². The lowest BCUT2D eigenvalue weighted by Crippen LogP contribution is -2.47. The largest absolute Gasteiger partial charge is 0.316 e. The maximum atomic E-state index is 13.5. The van der Waals surface area contributed by atoms with Gasteiger partial charge in [-0.3, -0.25) is 4.98 Å². The van der Waals surface area contributed by atoms with Crippen molar-refractivity contribution in [3.05, 3.63) is 29.8 Å². The second kappa shape index (κ2) is 3.56. The minimum absolute atomic E-state index is 0.133. The lowest BCUT2D eigenvalue weighted by molar-refractivity contribution is 0.0885. The Labute approximate surface area is 88.9 Å².